The summed E-state index contributed by atoms with van der Waals surface area (Å²) in [5.41, 5.74) is -0.0828. The maximum atomic E-state index is 13.1. The second-order valence-corrected chi connectivity index (χ2v) is 13.8. The van der Waals surface area contributed by atoms with Gasteiger partial charge in [0.2, 0.25) is 0 Å². The van der Waals surface area contributed by atoms with Crippen LogP contribution in [0.1, 0.15) is 62.7 Å². The molecule has 37 heavy (non-hydrogen) atoms. The minimum atomic E-state index is -0.808. The number of carbonyl (C=O) groups excluding carboxylic acids is 1. The van der Waals surface area contributed by atoms with Crippen LogP contribution in [-0.4, -0.2) is 11.6 Å². The molecular weight excluding hydrogens is 472 g/mol. The highest BCUT2D eigenvalue weighted by Gasteiger charge is 2.50. The molecule has 188 valence electrons. The Morgan fingerprint density at radius 2 is 1.22 bits per heavy atom. The highest BCUT2D eigenvalue weighted by atomic mass is 32.2. The molecule has 0 atom stereocenters. The number of esters is 1. The van der Waals surface area contributed by atoms with Crippen molar-refractivity contribution in [3.8, 4) is 11.8 Å². The largest absolute Gasteiger partial charge is 0.443 e. The standard InChI is InChI=1S/C34H35O2S/c1-33(2,17-18-34-22-25-19-26(23-34)21-27(20-25)24-34)36-32(35)28-13-15-31(16-14-28)37(29-9-5-3-6-10-29)30-11-7-4-8-12-30/h3-16,25-27H,19-24H2,1-2H3/q+1. The van der Waals surface area contributed by atoms with E-state index in [0.717, 1.165) is 17.8 Å². The zero-order valence-corrected chi connectivity index (χ0v) is 22.6. The van der Waals surface area contributed by atoms with E-state index in [1.807, 2.05) is 38.1 Å². The van der Waals surface area contributed by atoms with Gasteiger partial charge in [-0.25, -0.2) is 4.79 Å². The average molecular weight is 508 g/mol. The van der Waals surface area contributed by atoms with Crippen molar-refractivity contribution in [2.45, 2.75) is 72.7 Å². The van der Waals surface area contributed by atoms with Crippen LogP contribution in [-0.2, 0) is 15.6 Å². The fourth-order valence-corrected chi connectivity index (χ4v) is 9.19. The quantitative estimate of drug-likeness (QED) is 0.199. The molecule has 7 rings (SSSR count). The van der Waals surface area contributed by atoms with Crippen molar-refractivity contribution in [1.29, 1.82) is 0 Å². The van der Waals surface area contributed by atoms with Gasteiger partial charge in [-0.15, -0.1) is 0 Å². The lowest BCUT2D eigenvalue weighted by atomic mass is 9.50. The number of hydrogen-bond acceptors (Lipinski definition) is 2. The summed E-state index contributed by atoms with van der Waals surface area (Å²) in [5, 5.41) is 0. The van der Waals surface area contributed by atoms with Gasteiger partial charge in [-0.2, -0.15) is 0 Å². The van der Waals surface area contributed by atoms with Crippen molar-refractivity contribution < 1.29 is 9.53 Å². The fourth-order valence-electron chi connectivity index (χ4n) is 7.11. The van der Waals surface area contributed by atoms with Gasteiger partial charge in [-0.1, -0.05) is 48.2 Å². The Labute approximate surface area is 224 Å². The van der Waals surface area contributed by atoms with Crippen molar-refractivity contribution >= 4 is 16.9 Å². The third-order valence-electron chi connectivity index (χ3n) is 8.30. The predicted octanol–water partition coefficient (Wildman–Crippen LogP) is 7.94. The molecule has 3 aromatic carbocycles. The molecular formula is C34H35O2S+. The highest BCUT2D eigenvalue weighted by molar-refractivity contribution is 7.97. The second kappa shape index (κ2) is 9.73. The second-order valence-electron chi connectivity index (χ2n) is 11.8. The molecule has 4 bridgehead atoms. The van der Waals surface area contributed by atoms with Crippen molar-refractivity contribution in [2.24, 2.45) is 23.2 Å². The molecule has 0 unspecified atom stereocenters. The molecule has 0 N–H and O–H groups in total. The first kappa shape index (κ1) is 24.4. The molecule has 4 aliphatic carbocycles. The van der Waals surface area contributed by atoms with E-state index in [4.69, 9.17) is 4.74 Å². The van der Waals surface area contributed by atoms with E-state index in [1.165, 1.54) is 53.2 Å². The summed E-state index contributed by atoms with van der Waals surface area (Å²) in [4.78, 5) is 16.8. The summed E-state index contributed by atoms with van der Waals surface area (Å²) >= 11 is 0. The zero-order chi connectivity index (χ0) is 25.5. The summed E-state index contributed by atoms with van der Waals surface area (Å²) in [5.74, 6) is 9.33. The molecule has 0 aliphatic heterocycles. The molecule has 4 aliphatic rings. The van der Waals surface area contributed by atoms with E-state index in [1.54, 1.807) is 0 Å². The van der Waals surface area contributed by atoms with Crippen LogP contribution in [0.2, 0.25) is 0 Å². The lowest BCUT2D eigenvalue weighted by molar-refractivity contribution is -0.0189. The van der Waals surface area contributed by atoms with E-state index >= 15 is 0 Å². The summed E-state index contributed by atoms with van der Waals surface area (Å²) in [7, 11) is -0.238. The van der Waals surface area contributed by atoms with Gasteiger partial charge in [0, 0.05) is 5.41 Å². The van der Waals surface area contributed by atoms with Gasteiger partial charge < -0.3 is 4.74 Å². The van der Waals surface area contributed by atoms with Crippen LogP contribution in [0, 0.1) is 35.0 Å². The van der Waals surface area contributed by atoms with Crippen molar-refractivity contribution in [3.05, 3.63) is 90.5 Å². The van der Waals surface area contributed by atoms with Crippen LogP contribution in [0.5, 0.6) is 0 Å². The summed E-state index contributed by atoms with van der Waals surface area (Å²) < 4.78 is 5.95. The van der Waals surface area contributed by atoms with Gasteiger partial charge in [0.15, 0.2) is 20.3 Å². The van der Waals surface area contributed by atoms with Gasteiger partial charge in [0.05, 0.1) is 16.5 Å². The predicted molar refractivity (Wildman–Crippen MR) is 149 cm³/mol. The van der Waals surface area contributed by atoms with Gasteiger partial charge in [0.1, 0.15) is 0 Å². The van der Waals surface area contributed by atoms with Crippen LogP contribution in [0.4, 0.5) is 0 Å². The molecule has 3 heteroatoms. The van der Waals surface area contributed by atoms with Gasteiger partial charge >= 0.3 is 5.97 Å². The van der Waals surface area contributed by atoms with Gasteiger partial charge in [-0.3, -0.25) is 0 Å². The minimum absolute atomic E-state index is 0.158. The van der Waals surface area contributed by atoms with Crippen LogP contribution in [0.15, 0.2) is 99.6 Å². The summed E-state index contributed by atoms with van der Waals surface area (Å²) in [6.07, 6.45) is 7.94. The zero-order valence-electron chi connectivity index (χ0n) is 21.8. The molecule has 0 radical (unpaired) electrons. The first-order valence-electron chi connectivity index (χ1n) is 13.6. The number of ether oxygens (including phenoxy) is 1. The van der Waals surface area contributed by atoms with E-state index in [-0.39, 0.29) is 22.3 Å². The Morgan fingerprint density at radius 1 is 0.757 bits per heavy atom. The number of hydrogen-bond donors (Lipinski definition) is 0. The molecule has 4 saturated carbocycles. The van der Waals surface area contributed by atoms with Gasteiger partial charge in [0.25, 0.3) is 0 Å². The van der Waals surface area contributed by atoms with Gasteiger partial charge in [-0.05, 0) is 119 Å². The Morgan fingerprint density at radius 3 is 1.70 bits per heavy atom. The lowest BCUT2D eigenvalue weighted by Crippen LogP contribution is -2.45. The normalized spacial score (nSPS) is 26.0. The first-order valence-corrected chi connectivity index (χ1v) is 14.8. The van der Waals surface area contributed by atoms with E-state index in [2.05, 4.69) is 72.5 Å². The van der Waals surface area contributed by atoms with Crippen molar-refractivity contribution in [2.75, 3.05) is 0 Å². The Hall–Kier alpha value is -2.96. The molecule has 2 nitrogen and oxygen atoms in total. The molecule has 4 fully saturated rings. The molecule has 3 aromatic rings. The molecule has 0 saturated heterocycles. The average Bonchev–Trinajstić information content (AvgIpc) is 2.89. The third-order valence-corrected chi connectivity index (χ3v) is 10.5. The molecule has 0 heterocycles. The Balaban J connectivity index is 1.18. The van der Waals surface area contributed by atoms with Crippen LogP contribution in [0.3, 0.4) is 0 Å². The molecule has 0 amide bonds. The first-order chi connectivity index (χ1) is 17.9. The van der Waals surface area contributed by atoms with Crippen LogP contribution < -0.4 is 0 Å². The topological polar surface area (TPSA) is 26.3 Å². The number of rotatable bonds is 5. The summed E-state index contributed by atoms with van der Waals surface area (Å²) in [6, 6.07) is 29.0. The highest BCUT2D eigenvalue weighted by Crippen LogP contribution is 2.59. The van der Waals surface area contributed by atoms with Crippen LogP contribution >= 0.6 is 0 Å². The van der Waals surface area contributed by atoms with E-state index in [9.17, 15) is 4.79 Å². The maximum absolute atomic E-state index is 13.1. The van der Waals surface area contributed by atoms with E-state index < -0.39 is 5.60 Å². The Kier molecular flexibility index (Phi) is 6.41. The smallest absolute Gasteiger partial charge is 0.339 e. The lowest BCUT2D eigenvalue weighted by Gasteiger charge is -2.54. The number of benzene rings is 3. The fraction of sp³-hybridized carbons (Fsp3) is 0.382. The van der Waals surface area contributed by atoms with Crippen molar-refractivity contribution in [1.82, 2.24) is 0 Å². The monoisotopic (exact) mass is 507 g/mol. The number of carbonyl (C=O) groups is 1. The SMILES string of the molecule is CC(C)(C#CC12CC3CC(CC(C3)C1)C2)OC(=O)c1ccc([S+](c2ccccc2)c2ccccc2)cc1. The molecule has 0 spiro atoms. The Bertz CT molecular complexity index is 1240. The maximum Gasteiger partial charge on any atom is 0.339 e. The minimum Gasteiger partial charge on any atom is -0.443 e. The van der Waals surface area contributed by atoms with Crippen molar-refractivity contribution in [3.63, 3.8) is 0 Å². The van der Waals surface area contributed by atoms with Crippen LogP contribution in [0.25, 0.3) is 0 Å². The molecule has 0 aromatic heterocycles. The summed E-state index contributed by atoms with van der Waals surface area (Å²) in [6.45, 7) is 3.85. The van der Waals surface area contributed by atoms with E-state index in [0.29, 0.717) is 5.56 Å². The third kappa shape index (κ3) is 5.23.